The van der Waals surface area contributed by atoms with Crippen molar-refractivity contribution in [3.8, 4) is 12.1 Å². The number of hydrogen-bond donors (Lipinski definition) is 2. The molecule has 0 aliphatic carbocycles. The first-order valence-corrected chi connectivity index (χ1v) is 16.0. The number of anilines is 2. The third kappa shape index (κ3) is 7.06. The summed E-state index contributed by atoms with van der Waals surface area (Å²) in [7, 11) is 0. The predicted octanol–water partition coefficient (Wildman–Crippen LogP) is 3.89. The molecule has 0 radical (unpaired) electrons. The van der Waals surface area contributed by atoms with Crippen molar-refractivity contribution < 1.29 is 14.3 Å². The van der Waals surface area contributed by atoms with Crippen LogP contribution in [0.5, 0.6) is 6.01 Å². The molecule has 44 heavy (non-hydrogen) atoms. The Hall–Kier alpha value is -3.94. The second-order valence-electron chi connectivity index (χ2n) is 12.3. The molecule has 3 aliphatic rings. The van der Waals surface area contributed by atoms with Gasteiger partial charge in [-0.3, -0.25) is 4.79 Å². The van der Waals surface area contributed by atoms with Crippen LogP contribution in [0.3, 0.4) is 0 Å². The van der Waals surface area contributed by atoms with Crippen molar-refractivity contribution in [2.75, 3.05) is 55.7 Å². The molecule has 0 saturated carbocycles. The van der Waals surface area contributed by atoms with E-state index >= 15 is 0 Å². The summed E-state index contributed by atoms with van der Waals surface area (Å²) in [4.78, 5) is 26.9. The minimum Gasteiger partial charge on any atom is -0.461 e. The maximum absolute atomic E-state index is 12.2. The van der Waals surface area contributed by atoms with E-state index in [4.69, 9.17) is 19.4 Å². The van der Waals surface area contributed by atoms with Gasteiger partial charge in [-0.25, -0.2) is 0 Å². The van der Waals surface area contributed by atoms with E-state index in [9.17, 15) is 10.1 Å². The van der Waals surface area contributed by atoms with Gasteiger partial charge in [-0.2, -0.15) is 15.2 Å². The van der Waals surface area contributed by atoms with Crippen molar-refractivity contribution >= 4 is 28.2 Å². The molecule has 2 saturated heterocycles. The van der Waals surface area contributed by atoms with Crippen molar-refractivity contribution in [3.63, 3.8) is 0 Å². The number of carbonyl (C=O) groups excluding carboxylic acids is 1. The Bertz CT molecular complexity index is 1510. The van der Waals surface area contributed by atoms with Crippen LogP contribution in [0.4, 0.5) is 11.5 Å². The van der Waals surface area contributed by atoms with E-state index in [1.54, 1.807) is 0 Å². The normalized spacial score (nSPS) is 19.7. The Kier molecular flexibility index (Phi) is 9.43. The first-order valence-electron chi connectivity index (χ1n) is 16.0. The zero-order valence-electron chi connectivity index (χ0n) is 25.8. The van der Waals surface area contributed by atoms with Crippen LogP contribution in [0.1, 0.15) is 49.4 Å². The van der Waals surface area contributed by atoms with Crippen LogP contribution < -0.4 is 25.2 Å². The lowest BCUT2D eigenvalue weighted by Gasteiger charge is -2.35. The number of amides is 1. The number of hydrogen-bond acceptors (Lipinski definition) is 9. The molecule has 0 unspecified atom stereocenters. The summed E-state index contributed by atoms with van der Waals surface area (Å²) >= 11 is 0. The molecule has 232 valence electrons. The summed E-state index contributed by atoms with van der Waals surface area (Å²) in [5.41, 5.74) is 4.59. The van der Waals surface area contributed by atoms with Gasteiger partial charge in [0.05, 0.1) is 30.5 Å². The molecule has 2 N–H and O–H groups in total. The standard InChI is InChI=1S/C34H43N7O3/c1-23(12-14-35)20-41(16-6-15-36-33(42)28-19-37-28)32-27-13-17-40(30-11-4-9-25-8-3-7-24(2)31(25)30)21-29(27)38-34(39-32)44-22-26-10-5-18-43-26/h3-4,7-9,11,23,26,28,37H,5-6,10,12-13,15-22H2,1-2H3,(H,36,42)/t23-,26-,28+/m0/s1. The highest BCUT2D eigenvalue weighted by atomic mass is 16.5. The first kappa shape index (κ1) is 30.1. The van der Waals surface area contributed by atoms with Crippen LogP contribution in [-0.4, -0.2) is 74.0 Å². The van der Waals surface area contributed by atoms with E-state index in [1.807, 2.05) is 0 Å². The monoisotopic (exact) mass is 597 g/mol. The number of ether oxygens (including phenoxy) is 2. The zero-order valence-corrected chi connectivity index (χ0v) is 25.8. The molecule has 3 aliphatic heterocycles. The Morgan fingerprint density at radius 3 is 2.91 bits per heavy atom. The van der Waals surface area contributed by atoms with Crippen molar-refractivity contribution in [1.29, 1.82) is 5.26 Å². The number of nitriles is 1. The number of aromatic nitrogens is 2. The van der Waals surface area contributed by atoms with Gasteiger partial charge in [-0.05, 0) is 55.5 Å². The maximum atomic E-state index is 12.2. The third-order valence-corrected chi connectivity index (χ3v) is 8.78. The van der Waals surface area contributed by atoms with Gasteiger partial charge in [0, 0.05) is 62.4 Å². The highest BCUT2D eigenvalue weighted by molar-refractivity contribution is 5.97. The van der Waals surface area contributed by atoms with Gasteiger partial charge in [0.1, 0.15) is 12.4 Å². The molecule has 4 heterocycles. The fourth-order valence-electron chi connectivity index (χ4n) is 6.36. The number of nitrogens with zero attached hydrogens (tertiary/aromatic N) is 5. The number of rotatable bonds is 13. The third-order valence-electron chi connectivity index (χ3n) is 8.78. The number of fused-ring (bicyclic) bond motifs is 2. The topological polar surface area (TPSA) is 126 Å². The summed E-state index contributed by atoms with van der Waals surface area (Å²) in [6.07, 6.45) is 4.11. The van der Waals surface area contributed by atoms with Gasteiger partial charge in [-0.1, -0.05) is 37.3 Å². The van der Waals surface area contributed by atoms with E-state index in [0.717, 1.165) is 62.5 Å². The fraction of sp³-hybridized carbons (Fsp3) is 0.529. The number of nitrogens with one attached hydrogen (secondary N) is 2. The van der Waals surface area contributed by atoms with Crippen molar-refractivity contribution in [1.82, 2.24) is 20.6 Å². The smallest absolute Gasteiger partial charge is 0.318 e. The van der Waals surface area contributed by atoms with Crippen LogP contribution in [0.25, 0.3) is 10.8 Å². The molecule has 6 rings (SSSR count). The van der Waals surface area contributed by atoms with Gasteiger partial charge in [-0.15, -0.1) is 0 Å². The van der Waals surface area contributed by atoms with E-state index < -0.39 is 0 Å². The van der Waals surface area contributed by atoms with Gasteiger partial charge in [0.2, 0.25) is 5.91 Å². The molecule has 10 heteroatoms. The maximum Gasteiger partial charge on any atom is 0.318 e. The van der Waals surface area contributed by atoms with Crippen molar-refractivity contribution in [2.45, 2.75) is 64.6 Å². The summed E-state index contributed by atoms with van der Waals surface area (Å²) in [5, 5.41) is 18.0. The predicted molar refractivity (Wildman–Crippen MR) is 171 cm³/mol. The minimum absolute atomic E-state index is 0.0485. The molecule has 1 aromatic heterocycles. The molecule has 2 aromatic carbocycles. The first-order chi connectivity index (χ1) is 21.5. The van der Waals surface area contributed by atoms with Crippen molar-refractivity contribution in [3.05, 3.63) is 53.2 Å². The number of carbonyl (C=O) groups is 1. The SMILES string of the molecule is Cc1cccc2cccc(N3CCc4c(nc(OC[C@@H]5CCCO5)nc4N(CCCNC(=O)[C@H]4CN4)C[C@@H](C)CC#N)C3)c12. The molecule has 1 amide bonds. The molecular formula is C34H43N7O3. The molecule has 10 nitrogen and oxygen atoms in total. The number of aryl methyl sites for hydroxylation is 1. The van der Waals surface area contributed by atoms with Gasteiger partial charge >= 0.3 is 6.01 Å². The Morgan fingerprint density at radius 1 is 1.30 bits per heavy atom. The van der Waals surface area contributed by atoms with Crippen molar-refractivity contribution in [2.24, 2.45) is 5.92 Å². The van der Waals surface area contributed by atoms with Gasteiger partial charge in [0.15, 0.2) is 0 Å². The molecule has 0 bridgehead atoms. The summed E-state index contributed by atoms with van der Waals surface area (Å²) in [6.45, 7) is 9.69. The Balaban J connectivity index is 1.30. The highest BCUT2D eigenvalue weighted by Gasteiger charge is 2.29. The summed E-state index contributed by atoms with van der Waals surface area (Å²) in [6, 6.07) is 15.6. The van der Waals surface area contributed by atoms with E-state index in [1.165, 1.54) is 22.0 Å². The quantitative estimate of drug-likeness (QED) is 0.223. The largest absolute Gasteiger partial charge is 0.461 e. The second kappa shape index (κ2) is 13.8. The molecule has 2 fully saturated rings. The lowest BCUT2D eigenvalue weighted by Crippen LogP contribution is -2.37. The average Bonchev–Trinajstić information content (AvgIpc) is 3.76. The van der Waals surface area contributed by atoms with E-state index in [2.05, 4.69) is 76.7 Å². The van der Waals surface area contributed by atoms with E-state index in [-0.39, 0.29) is 24.0 Å². The van der Waals surface area contributed by atoms with Crippen LogP contribution in [0.2, 0.25) is 0 Å². The minimum atomic E-state index is -0.0485. The molecule has 3 atom stereocenters. The van der Waals surface area contributed by atoms with E-state index in [0.29, 0.717) is 45.2 Å². The summed E-state index contributed by atoms with van der Waals surface area (Å²) in [5.74, 6) is 1.10. The van der Waals surface area contributed by atoms with Gasteiger partial charge < -0.3 is 29.9 Å². The highest BCUT2D eigenvalue weighted by Crippen LogP contribution is 2.35. The molecule has 3 aromatic rings. The summed E-state index contributed by atoms with van der Waals surface area (Å²) < 4.78 is 12.0. The van der Waals surface area contributed by atoms with Crippen LogP contribution >= 0.6 is 0 Å². The molecule has 0 spiro atoms. The zero-order chi connectivity index (χ0) is 30.5. The molecular weight excluding hydrogens is 554 g/mol. The lowest BCUT2D eigenvalue weighted by atomic mass is 9.99. The Morgan fingerprint density at radius 2 is 2.14 bits per heavy atom. The fourth-order valence-corrected chi connectivity index (χ4v) is 6.36. The van der Waals surface area contributed by atoms with Crippen LogP contribution in [0.15, 0.2) is 36.4 Å². The second-order valence-corrected chi connectivity index (χ2v) is 12.3. The lowest BCUT2D eigenvalue weighted by molar-refractivity contribution is -0.120. The average molecular weight is 598 g/mol. The Labute approximate surface area is 259 Å². The van der Waals surface area contributed by atoms with Crippen LogP contribution in [0, 0.1) is 24.2 Å². The van der Waals surface area contributed by atoms with Crippen LogP contribution in [-0.2, 0) is 22.5 Å². The number of benzene rings is 2. The van der Waals surface area contributed by atoms with Gasteiger partial charge in [0.25, 0.3) is 0 Å².